The molecular formula is C9H13NO3. The SMILES string of the molecule is CN(C(=O)O)C1CC2(CC(=O)C2)C1. The number of rotatable bonds is 1. The lowest BCUT2D eigenvalue weighted by Crippen LogP contribution is -2.56. The number of amides is 1. The second-order valence-corrected chi connectivity index (χ2v) is 4.35. The first kappa shape index (κ1) is 8.53. The van der Waals surface area contributed by atoms with Gasteiger partial charge in [-0.1, -0.05) is 0 Å². The minimum Gasteiger partial charge on any atom is -0.465 e. The van der Waals surface area contributed by atoms with Crippen molar-refractivity contribution in [2.75, 3.05) is 7.05 Å². The lowest BCUT2D eigenvalue weighted by Gasteiger charge is -2.54. The molecule has 72 valence electrons. The van der Waals surface area contributed by atoms with E-state index in [4.69, 9.17) is 5.11 Å². The lowest BCUT2D eigenvalue weighted by molar-refractivity contribution is -0.142. The third-order valence-electron chi connectivity index (χ3n) is 3.33. The number of carbonyl (C=O) groups excluding carboxylic acids is 1. The largest absolute Gasteiger partial charge is 0.465 e. The average Bonchev–Trinajstić information content (AvgIpc) is 1.92. The lowest BCUT2D eigenvalue weighted by atomic mass is 9.53. The van der Waals surface area contributed by atoms with E-state index in [1.54, 1.807) is 7.05 Å². The molecule has 0 saturated heterocycles. The Morgan fingerprint density at radius 3 is 2.46 bits per heavy atom. The standard InChI is InChI=1S/C9H13NO3/c1-10(8(12)13)6-2-9(3-6)4-7(11)5-9/h6H,2-5H2,1H3,(H,12,13). The van der Waals surface area contributed by atoms with E-state index in [2.05, 4.69) is 0 Å². The van der Waals surface area contributed by atoms with E-state index >= 15 is 0 Å². The molecule has 0 radical (unpaired) electrons. The summed E-state index contributed by atoms with van der Waals surface area (Å²) in [6, 6.07) is 0.144. The van der Waals surface area contributed by atoms with Crippen molar-refractivity contribution >= 4 is 11.9 Å². The molecule has 0 aromatic rings. The first-order chi connectivity index (χ1) is 6.02. The second-order valence-electron chi connectivity index (χ2n) is 4.35. The number of ketones is 1. The molecule has 4 nitrogen and oxygen atoms in total. The third-order valence-corrected chi connectivity index (χ3v) is 3.33. The van der Waals surface area contributed by atoms with Crippen LogP contribution < -0.4 is 0 Å². The van der Waals surface area contributed by atoms with Gasteiger partial charge in [0.25, 0.3) is 0 Å². The number of carbonyl (C=O) groups is 2. The van der Waals surface area contributed by atoms with Gasteiger partial charge in [-0.25, -0.2) is 4.79 Å². The summed E-state index contributed by atoms with van der Waals surface area (Å²) in [6.45, 7) is 0. The van der Waals surface area contributed by atoms with Crippen LogP contribution in [0.4, 0.5) is 4.79 Å². The Bertz CT molecular complexity index is 258. The molecule has 1 spiro atoms. The Balaban J connectivity index is 1.85. The fourth-order valence-corrected chi connectivity index (χ4v) is 2.44. The molecule has 2 aliphatic rings. The van der Waals surface area contributed by atoms with Crippen molar-refractivity contribution < 1.29 is 14.7 Å². The maximum absolute atomic E-state index is 10.8. The maximum Gasteiger partial charge on any atom is 0.407 e. The highest BCUT2D eigenvalue weighted by molar-refractivity contribution is 5.86. The van der Waals surface area contributed by atoms with Crippen molar-refractivity contribution in [3.8, 4) is 0 Å². The molecule has 0 unspecified atom stereocenters. The molecular weight excluding hydrogens is 170 g/mol. The summed E-state index contributed by atoms with van der Waals surface area (Å²) < 4.78 is 0. The molecule has 2 fully saturated rings. The van der Waals surface area contributed by atoms with Gasteiger partial charge in [-0.3, -0.25) is 4.79 Å². The van der Waals surface area contributed by atoms with E-state index in [1.165, 1.54) is 4.90 Å². The number of nitrogens with zero attached hydrogens (tertiary/aromatic N) is 1. The summed E-state index contributed by atoms with van der Waals surface area (Å²) in [5.41, 5.74) is 0.200. The monoisotopic (exact) mass is 183 g/mol. The Morgan fingerprint density at radius 1 is 1.54 bits per heavy atom. The predicted octanol–water partition coefficient (Wildman–Crippen LogP) is 1.11. The van der Waals surface area contributed by atoms with Crippen molar-refractivity contribution in [1.82, 2.24) is 4.90 Å². The highest BCUT2D eigenvalue weighted by Crippen LogP contribution is 2.55. The van der Waals surface area contributed by atoms with Crippen molar-refractivity contribution in [3.05, 3.63) is 0 Å². The number of hydrogen-bond acceptors (Lipinski definition) is 2. The molecule has 2 aliphatic carbocycles. The second kappa shape index (κ2) is 2.47. The Labute approximate surface area is 76.5 Å². The number of Topliss-reactive ketones (excluding diaryl/α,β-unsaturated/α-hetero) is 1. The summed E-state index contributed by atoms with van der Waals surface area (Å²) in [5, 5.41) is 8.69. The summed E-state index contributed by atoms with van der Waals surface area (Å²) >= 11 is 0. The van der Waals surface area contributed by atoms with E-state index in [-0.39, 0.29) is 11.5 Å². The number of carboxylic acid groups (broad SMARTS) is 1. The molecule has 1 amide bonds. The van der Waals surface area contributed by atoms with Gasteiger partial charge in [0.1, 0.15) is 5.78 Å². The molecule has 0 aromatic heterocycles. The van der Waals surface area contributed by atoms with Crippen molar-refractivity contribution in [1.29, 1.82) is 0 Å². The van der Waals surface area contributed by atoms with Gasteiger partial charge in [0.05, 0.1) is 0 Å². The molecule has 2 rings (SSSR count). The van der Waals surface area contributed by atoms with Crippen LogP contribution in [0.5, 0.6) is 0 Å². The van der Waals surface area contributed by atoms with E-state index in [0.717, 1.165) is 12.8 Å². The highest BCUT2D eigenvalue weighted by atomic mass is 16.4. The summed E-state index contributed by atoms with van der Waals surface area (Å²) in [5.74, 6) is 0.330. The Hall–Kier alpha value is -1.06. The van der Waals surface area contributed by atoms with E-state index in [0.29, 0.717) is 18.6 Å². The van der Waals surface area contributed by atoms with Crippen LogP contribution in [0.1, 0.15) is 25.7 Å². The van der Waals surface area contributed by atoms with Gasteiger partial charge in [-0.05, 0) is 18.3 Å². The van der Waals surface area contributed by atoms with Gasteiger partial charge >= 0.3 is 6.09 Å². The van der Waals surface area contributed by atoms with Crippen LogP contribution in [0.2, 0.25) is 0 Å². The maximum atomic E-state index is 10.8. The van der Waals surface area contributed by atoms with Crippen LogP contribution in [0, 0.1) is 5.41 Å². The van der Waals surface area contributed by atoms with Crippen LogP contribution in [0.3, 0.4) is 0 Å². The Morgan fingerprint density at radius 2 is 2.08 bits per heavy atom. The van der Waals surface area contributed by atoms with Gasteiger partial charge in [0, 0.05) is 25.9 Å². The topological polar surface area (TPSA) is 57.6 Å². The normalized spacial score (nSPS) is 25.2. The summed E-state index contributed by atoms with van der Waals surface area (Å²) in [7, 11) is 1.60. The van der Waals surface area contributed by atoms with Gasteiger partial charge in [-0.15, -0.1) is 0 Å². The van der Waals surface area contributed by atoms with E-state index in [1.807, 2.05) is 0 Å². The summed E-state index contributed by atoms with van der Waals surface area (Å²) in [6.07, 6.45) is 2.24. The molecule has 0 heterocycles. The van der Waals surface area contributed by atoms with Gasteiger partial charge < -0.3 is 10.0 Å². The fraction of sp³-hybridized carbons (Fsp3) is 0.778. The quantitative estimate of drug-likeness (QED) is 0.662. The Kier molecular flexibility index (Phi) is 1.62. The molecule has 2 saturated carbocycles. The first-order valence-corrected chi connectivity index (χ1v) is 4.50. The first-order valence-electron chi connectivity index (χ1n) is 4.50. The van der Waals surface area contributed by atoms with Crippen molar-refractivity contribution in [3.63, 3.8) is 0 Å². The zero-order valence-electron chi connectivity index (χ0n) is 7.62. The zero-order valence-corrected chi connectivity index (χ0v) is 7.62. The minimum atomic E-state index is -0.870. The van der Waals surface area contributed by atoms with E-state index in [9.17, 15) is 9.59 Å². The third kappa shape index (κ3) is 1.20. The molecule has 1 N–H and O–H groups in total. The fourth-order valence-electron chi connectivity index (χ4n) is 2.44. The van der Waals surface area contributed by atoms with Gasteiger partial charge in [-0.2, -0.15) is 0 Å². The van der Waals surface area contributed by atoms with Crippen LogP contribution in [0.25, 0.3) is 0 Å². The molecule has 0 aromatic carbocycles. The molecule has 0 bridgehead atoms. The van der Waals surface area contributed by atoms with Gasteiger partial charge in [0.2, 0.25) is 0 Å². The van der Waals surface area contributed by atoms with Gasteiger partial charge in [0.15, 0.2) is 0 Å². The van der Waals surface area contributed by atoms with Crippen LogP contribution in [-0.4, -0.2) is 35.0 Å². The van der Waals surface area contributed by atoms with Crippen molar-refractivity contribution in [2.45, 2.75) is 31.7 Å². The van der Waals surface area contributed by atoms with Crippen LogP contribution >= 0.6 is 0 Å². The molecule has 0 atom stereocenters. The van der Waals surface area contributed by atoms with Crippen LogP contribution in [0.15, 0.2) is 0 Å². The van der Waals surface area contributed by atoms with Crippen molar-refractivity contribution in [2.24, 2.45) is 5.41 Å². The average molecular weight is 183 g/mol. The number of hydrogen-bond donors (Lipinski definition) is 1. The highest BCUT2D eigenvalue weighted by Gasteiger charge is 2.54. The summed E-state index contributed by atoms with van der Waals surface area (Å²) in [4.78, 5) is 22.7. The molecule has 0 aliphatic heterocycles. The van der Waals surface area contributed by atoms with E-state index < -0.39 is 6.09 Å². The van der Waals surface area contributed by atoms with Crippen LogP contribution in [-0.2, 0) is 4.79 Å². The zero-order chi connectivity index (χ0) is 9.64. The predicted molar refractivity (Wildman–Crippen MR) is 45.5 cm³/mol. The minimum absolute atomic E-state index is 0.144. The smallest absolute Gasteiger partial charge is 0.407 e. The molecule has 13 heavy (non-hydrogen) atoms. The molecule has 4 heteroatoms.